The first kappa shape index (κ1) is 25.6. The van der Waals surface area contributed by atoms with Crippen LogP contribution in [0, 0.1) is 17.3 Å². The number of hydrogen-bond acceptors (Lipinski definition) is 7. The smallest absolute Gasteiger partial charge is 0.264 e. The van der Waals surface area contributed by atoms with Crippen molar-refractivity contribution >= 4 is 28.7 Å². The summed E-state index contributed by atoms with van der Waals surface area (Å²) in [6.45, 7) is 3.37. The minimum atomic E-state index is -1.06. The second-order valence-corrected chi connectivity index (χ2v) is 12.2. The molecule has 8 nitrogen and oxygen atoms in total. The summed E-state index contributed by atoms with van der Waals surface area (Å²) < 4.78 is 1.52. The van der Waals surface area contributed by atoms with Gasteiger partial charge in [0.2, 0.25) is 5.91 Å². The van der Waals surface area contributed by atoms with Gasteiger partial charge in [0, 0.05) is 30.6 Å². The van der Waals surface area contributed by atoms with E-state index in [1.165, 1.54) is 61.0 Å². The molecule has 3 fully saturated rings. The Morgan fingerprint density at radius 1 is 1.17 bits per heavy atom. The Hall–Kier alpha value is -2.00. The molecule has 3 aliphatic rings. The van der Waals surface area contributed by atoms with Gasteiger partial charge < -0.3 is 10.0 Å². The maximum atomic E-state index is 13.5. The fourth-order valence-corrected chi connectivity index (χ4v) is 7.39. The van der Waals surface area contributed by atoms with Crippen LogP contribution in [0.15, 0.2) is 22.5 Å². The lowest BCUT2D eigenvalue weighted by Gasteiger charge is -2.52. The molecular formula is C27H39N5O3S. The average Bonchev–Trinajstić information content (AvgIpc) is 3.37. The predicted molar refractivity (Wildman–Crippen MR) is 141 cm³/mol. The van der Waals surface area contributed by atoms with Gasteiger partial charge in [0.25, 0.3) is 5.56 Å². The summed E-state index contributed by atoms with van der Waals surface area (Å²) in [6.07, 6.45) is 16.6. The van der Waals surface area contributed by atoms with Crippen LogP contribution >= 0.6 is 11.8 Å². The molecule has 5 rings (SSSR count). The van der Waals surface area contributed by atoms with Crippen molar-refractivity contribution < 1.29 is 9.90 Å². The van der Waals surface area contributed by atoms with Gasteiger partial charge >= 0.3 is 0 Å². The summed E-state index contributed by atoms with van der Waals surface area (Å²) in [6, 6.07) is 0. The van der Waals surface area contributed by atoms with Gasteiger partial charge in [-0.2, -0.15) is 0 Å². The third-order valence-corrected chi connectivity index (χ3v) is 9.72. The van der Waals surface area contributed by atoms with E-state index in [2.05, 4.69) is 21.9 Å². The van der Waals surface area contributed by atoms with E-state index in [4.69, 9.17) is 0 Å². The molecule has 2 saturated carbocycles. The van der Waals surface area contributed by atoms with Gasteiger partial charge in [-0.1, -0.05) is 63.6 Å². The highest BCUT2D eigenvalue weighted by Crippen LogP contribution is 2.51. The molecule has 2 aliphatic carbocycles. The monoisotopic (exact) mass is 513 g/mol. The number of fused-ring (bicyclic) bond motifs is 1. The lowest BCUT2D eigenvalue weighted by molar-refractivity contribution is -0.163. The lowest BCUT2D eigenvalue weighted by Crippen LogP contribution is -2.62. The molecule has 3 heterocycles. The highest BCUT2D eigenvalue weighted by atomic mass is 32.2. The minimum absolute atomic E-state index is 0.0243. The van der Waals surface area contributed by atoms with E-state index < -0.39 is 5.60 Å². The first-order valence-corrected chi connectivity index (χ1v) is 14.8. The Labute approximate surface area is 217 Å². The Balaban J connectivity index is 1.34. The summed E-state index contributed by atoms with van der Waals surface area (Å²) in [7, 11) is 0. The first-order chi connectivity index (χ1) is 17.3. The molecule has 0 aromatic carbocycles. The van der Waals surface area contributed by atoms with Gasteiger partial charge in [-0.15, -0.1) is 0 Å². The quantitative estimate of drug-likeness (QED) is 0.459. The van der Waals surface area contributed by atoms with E-state index in [1.807, 2.05) is 11.2 Å². The van der Waals surface area contributed by atoms with Crippen LogP contribution in [0.4, 0.5) is 0 Å². The van der Waals surface area contributed by atoms with E-state index in [1.54, 1.807) is 0 Å². The number of hydrogen-bond donors (Lipinski definition) is 1. The van der Waals surface area contributed by atoms with Crippen LogP contribution in [0.5, 0.6) is 0 Å². The van der Waals surface area contributed by atoms with Gasteiger partial charge in [0.1, 0.15) is 11.7 Å². The Kier molecular flexibility index (Phi) is 7.41. The number of aromatic nitrogens is 4. The zero-order chi connectivity index (χ0) is 25.3. The summed E-state index contributed by atoms with van der Waals surface area (Å²) in [5.41, 5.74) is -1.30. The molecule has 1 aliphatic heterocycles. The molecule has 196 valence electrons. The molecule has 1 N–H and O–H groups in total. The van der Waals surface area contributed by atoms with E-state index in [9.17, 15) is 14.7 Å². The molecule has 1 spiro atoms. The minimum Gasteiger partial charge on any atom is -0.387 e. The van der Waals surface area contributed by atoms with Crippen molar-refractivity contribution in [3.8, 4) is 0 Å². The van der Waals surface area contributed by atoms with Gasteiger partial charge in [0.15, 0.2) is 10.8 Å². The van der Waals surface area contributed by atoms with Gasteiger partial charge in [-0.25, -0.2) is 15.0 Å². The van der Waals surface area contributed by atoms with Crippen molar-refractivity contribution in [2.24, 2.45) is 17.3 Å². The number of rotatable bonds is 6. The fourth-order valence-electron chi connectivity index (χ4n) is 7.05. The second kappa shape index (κ2) is 10.4. The van der Waals surface area contributed by atoms with Crippen molar-refractivity contribution in [2.45, 2.75) is 94.9 Å². The summed E-state index contributed by atoms with van der Waals surface area (Å²) in [5.74, 6) is 0.930. The first-order valence-electron chi connectivity index (χ1n) is 13.6. The average molecular weight is 514 g/mol. The number of carbonyl (C=O) groups is 1. The molecule has 9 heteroatoms. The van der Waals surface area contributed by atoms with Gasteiger partial charge in [0.05, 0.1) is 12.1 Å². The molecule has 1 unspecified atom stereocenters. The van der Waals surface area contributed by atoms with Gasteiger partial charge in [-0.05, 0) is 37.9 Å². The Morgan fingerprint density at radius 2 is 1.92 bits per heavy atom. The molecule has 1 saturated heterocycles. The maximum absolute atomic E-state index is 13.5. The number of thioether (sulfide) groups is 1. The van der Waals surface area contributed by atoms with E-state index >= 15 is 0 Å². The molecule has 0 bridgehead atoms. The maximum Gasteiger partial charge on any atom is 0.264 e. The molecule has 2 aromatic heterocycles. The van der Waals surface area contributed by atoms with Crippen LogP contribution in [-0.4, -0.2) is 60.4 Å². The molecular weight excluding hydrogens is 474 g/mol. The number of likely N-dealkylation sites (tertiary alicyclic amines) is 1. The van der Waals surface area contributed by atoms with Crippen molar-refractivity contribution in [1.29, 1.82) is 0 Å². The van der Waals surface area contributed by atoms with Crippen molar-refractivity contribution in [3.63, 3.8) is 0 Å². The van der Waals surface area contributed by atoms with E-state index in [-0.39, 0.29) is 29.3 Å². The lowest BCUT2D eigenvalue weighted by atomic mass is 9.65. The highest BCUT2D eigenvalue weighted by Gasteiger charge is 2.55. The standard InChI is InChI=1S/C27H39N5O3S/c1-19(14-20-8-4-3-5-9-20)23(33)31-13-12-27(35,26(16-31)10-6-7-11-26)17-32-18-29-22-21(24(32)34)15-28-25(30-22)36-2/h15,18-20,35H,3-14,16-17H2,1-2H3/t19-,27?/m1/s1. The second-order valence-electron chi connectivity index (χ2n) is 11.4. The highest BCUT2D eigenvalue weighted by molar-refractivity contribution is 7.98. The summed E-state index contributed by atoms with van der Waals surface area (Å²) in [5, 5.41) is 13.0. The zero-order valence-electron chi connectivity index (χ0n) is 21.6. The number of carbonyl (C=O) groups excluding carboxylic acids is 1. The Morgan fingerprint density at radius 3 is 2.64 bits per heavy atom. The van der Waals surface area contributed by atoms with E-state index in [0.717, 1.165) is 32.1 Å². The molecule has 2 aromatic rings. The van der Waals surface area contributed by atoms with Crippen LogP contribution in [0.25, 0.3) is 11.0 Å². The molecule has 0 radical (unpaired) electrons. The number of piperidine rings is 1. The van der Waals surface area contributed by atoms with Crippen LogP contribution in [-0.2, 0) is 11.3 Å². The zero-order valence-corrected chi connectivity index (χ0v) is 22.4. The number of amides is 1. The predicted octanol–water partition coefficient (Wildman–Crippen LogP) is 4.04. The van der Waals surface area contributed by atoms with Crippen LogP contribution in [0.1, 0.15) is 77.6 Å². The summed E-state index contributed by atoms with van der Waals surface area (Å²) >= 11 is 1.40. The number of nitrogens with zero attached hydrogens (tertiary/aromatic N) is 5. The van der Waals surface area contributed by atoms with Crippen LogP contribution in [0.3, 0.4) is 0 Å². The molecule has 2 atom stereocenters. The SMILES string of the molecule is CSc1ncc2c(=O)n(CC3(O)CCN(C(=O)[C@H](C)CC4CCCCC4)CC34CCCC4)cnc2n1. The van der Waals surface area contributed by atoms with E-state index in [0.29, 0.717) is 41.6 Å². The van der Waals surface area contributed by atoms with Crippen molar-refractivity contribution in [3.05, 3.63) is 22.9 Å². The topological polar surface area (TPSA) is 101 Å². The summed E-state index contributed by atoms with van der Waals surface area (Å²) in [4.78, 5) is 41.8. The third kappa shape index (κ3) is 4.80. The Bertz CT molecular complexity index is 1160. The van der Waals surface area contributed by atoms with Crippen molar-refractivity contribution in [1.82, 2.24) is 24.4 Å². The molecule has 36 heavy (non-hydrogen) atoms. The molecule has 1 amide bonds. The van der Waals surface area contributed by atoms with Crippen LogP contribution in [0.2, 0.25) is 0 Å². The normalized spacial score (nSPS) is 25.5. The van der Waals surface area contributed by atoms with Gasteiger partial charge in [-0.3, -0.25) is 14.2 Å². The largest absolute Gasteiger partial charge is 0.387 e. The fraction of sp³-hybridized carbons (Fsp3) is 0.741. The number of aliphatic hydroxyl groups is 1. The van der Waals surface area contributed by atoms with Crippen LogP contribution < -0.4 is 5.56 Å². The van der Waals surface area contributed by atoms with Crippen molar-refractivity contribution in [2.75, 3.05) is 19.3 Å². The third-order valence-electron chi connectivity index (χ3n) is 9.15.